The van der Waals surface area contributed by atoms with Crippen LogP contribution in [0.2, 0.25) is 0 Å². The number of methoxy groups -OCH3 is 2. The second kappa shape index (κ2) is 7.48. The molecule has 2 aromatic heterocycles. The lowest BCUT2D eigenvalue weighted by Gasteiger charge is -2.07. The average Bonchev–Trinajstić information content (AvgIpc) is 3.27. The van der Waals surface area contributed by atoms with Gasteiger partial charge in [0.2, 0.25) is 5.89 Å². The molecule has 1 aromatic carbocycles. The van der Waals surface area contributed by atoms with Crippen LogP contribution in [0.5, 0.6) is 11.5 Å². The van der Waals surface area contributed by atoms with Crippen molar-refractivity contribution >= 4 is 11.9 Å². The minimum Gasteiger partial charge on any atom is -0.493 e. The van der Waals surface area contributed by atoms with Crippen LogP contribution in [0.15, 0.2) is 28.7 Å². The van der Waals surface area contributed by atoms with Crippen LogP contribution >= 0.6 is 0 Å². The van der Waals surface area contributed by atoms with E-state index in [0.717, 1.165) is 5.69 Å². The molecule has 0 spiro atoms. The molecular formula is C18H21N5O4. The van der Waals surface area contributed by atoms with Crippen molar-refractivity contribution < 1.29 is 18.7 Å². The SMILES string of the molecule is COc1ccc(-c2nnc(NC(=O)c3cc(C)n(C(C)C)n3)o2)cc1OC. The van der Waals surface area contributed by atoms with Crippen molar-refractivity contribution in [1.29, 1.82) is 0 Å². The smallest absolute Gasteiger partial charge is 0.322 e. The zero-order valence-corrected chi connectivity index (χ0v) is 15.8. The van der Waals surface area contributed by atoms with Gasteiger partial charge in [0.25, 0.3) is 5.91 Å². The Morgan fingerprint density at radius 2 is 1.89 bits per heavy atom. The second-order valence-corrected chi connectivity index (χ2v) is 6.15. The van der Waals surface area contributed by atoms with E-state index >= 15 is 0 Å². The van der Waals surface area contributed by atoms with Crippen molar-refractivity contribution in [3.05, 3.63) is 35.7 Å². The number of nitrogens with zero attached hydrogens (tertiary/aromatic N) is 4. The van der Waals surface area contributed by atoms with Crippen molar-refractivity contribution in [1.82, 2.24) is 20.0 Å². The predicted octanol–water partition coefficient (Wildman–Crippen LogP) is 3.09. The molecule has 1 N–H and O–H groups in total. The fourth-order valence-electron chi connectivity index (χ4n) is 2.64. The lowest BCUT2D eigenvalue weighted by Crippen LogP contribution is -2.14. The minimum absolute atomic E-state index is 0.0125. The number of hydrogen-bond acceptors (Lipinski definition) is 7. The van der Waals surface area contributed by atoms with Crippen LogP contribution in [0, 0.1) is 6.92 Å². The summed E-state index contributed by atoms with van der Waals surface area (Å²) in [6.07, 6.45) is 0. The highest BCUT2D eigenvalue weighted by molar-refractivity contribution is 6.01. The van der Waals surface area contributed by atoms with E-state index in [9.17, 15) is 4.79 Å². The first-order valence-corrected chi connectivity index (χ1v) is 8.36. The maximum Gasteiger partial charge on any atom is 0.322 e. The van der Waals surface area contributed by atoms with Crippen molar-refractivity contribution in [2.45, 2.75) is 26.8 Å². The van der Waals surface area contributed by atoms with Gasteiger partial charge in [-0.3, -0.25) is 14.8 Å². The van der Waals surface area contributed by atoms with Gasteiger partial charge in [0.05, 0.1) is 14.2 Å². The highest BCUT2D eigenvalue weighted by Gasteiger charge is 2.18. The fourth-order valence-corrected chi connectivity index (χ4v) is 2.64. The van der Waals surface area contributed by atoms with Crippen molar-refractivity contribution in [2.24, 2.45) is 0 Å². The largest absolute Gasteiger partial charge is 0.493 e. The Kier molecular flexibility index (Phi) is 5.11. The van der Waals surface area contributed by atoms with Gasteiger partial charge in [0, 0.05) is 17.3 Å². The number of aryl methyl sites for hydroxylation is 1. The maximum absolute atomic E-state index is 12.4. The van der Waals surface area contributed by atoms with Crippen LogP contribution in [-0.4, -0.2) is 40.1 Å². The summed E-state index contributed by atoms with van der Waals surface area (Å²) in [6.45, 7) is 5.88. The molecular weight excluding hydrogens is 350 g/mol. The van der Waals surface area contributed by atoms with E-state index in [1.807, 2.05) is 20.8 Å². The number of aromatic nitrogens is 4. The molecule has 9 nitrogen and oxygen atoms in total. The zero-order chi connectivity index (χ0) is 19.6. The van der Waals surface area contributed by atoms with E-state index in [0.29, 0.717) is 17.1 Å². The van der Waals surface area contributed by atoms with Gasteiger partial charge in [0.1, 0.15) is 0 Å². The molecule has 0 radical (unpaired) electrons. The van der Waals surface area contributed by atoms with E-state index in [1.54, 1.807) is 43.2 Å². The van der Waals surface area contributed by atoms with Gasteiger partial charge in [-0.25, -0.2) is 0 Å². The molecule has 0 atom stereocenters. The molecule has 142 valence electrons. The first kappa shape index (κ1) is 18.4. The summed E-state index contributed by atoms with van der Waals surface area (Å²) in [7, 11) is 3.10. The minimum atomic E-state index is -0.417. The molecule has 0 saturated heterocycles. The number of carbonyl (C=O) groups is 1. The molecule has 3 rings (SSSR count). The normalized spacial score (nSPS) is 10.9. The maximum atomic E-state index is 12.4. The number of ether oxygens (including phenoxy) is 2. The standard InChI is InChI=1S/C18H21N5O4/c1-10(2)23-11(3)8-13(22-23)16(24)19-18-21-20-17(27-18)12-6-7-14(25-4)15(9-12)26-5/h6-10H,1-5H3,(H,19,21,24). The van der Waals surface area contributed by atoms with Crippen LogP contribution in [0.1, 0.15) is 36.1 Å². The Labute approximate surface area is 156 Å². The molecule has 1 amide bonds. The van der Waals surface area contributed by atoms with Crippen LogP contribution in [0.3, 0.4) is 0 Å². The summed E-state index contributed by atoms with van der Waals surface area (Å²) in [5.74, 6) is 0.953. The molecule has 0 unspecified atom stereocenters. The van der Waals surface area contributed by atoms with Crippen molar-refractivity contribution in [3.63, 3.8) is 0 Å². The van der Waals surface area contributed by atoms with Gasteiger partial charge < -0.3 is 13.9 Å². The molecule has 9 heteroatoms. The quantitative estimate of drug-likeness (QED) is 0.710. The van der Waals surface area contributed by atoms with Crippen molar-refractivity contribution in [2.75, 3.05) is 19.5 Å². The van der Waals surface area contributed by atoms with Crippen LogP contribution in [0.4, 0.5) is 6.01 Å². The van der Waals surface area contributed by atoms with E-state index in [4.69, 9.17) is 13.9 Å². The third-order valence-electron chi connectivity index (χ3n) is 3.92. The highest BCUT2D eigenvalue weighted by atomic mass is 16.5. The predicted molar refractivity (Wildman–Crippen MR) is 98.1 cm³/mol. The zero-order valence-electron chi connectivity index (χ0n) is 15.8. The monoisotopic (exact) mass is 371 g/mol. The molecule has 0 aliphatic heterocycles. The lowest BCUT2D eigenvalue weighted by molar-refractivity contribution is 0.101. The molecule has 0 saturated carbocycles. The first-order valence-electron chi connectivity index (χ1n) is 8.36. The summed E-state index contributed by atoms with van der Waals surface area (Å²) in [4.78, 5) is 12.4. The van der Waals surface area contributed by atoms with Gasteiger partial charge in [-0.15, -0.1) is 5.10 Å². The fraction of sp³-hybridized carbons (Fsp3) is 0.333. The van der Waals surface area contributed by atoms with Gasteiger partial charge >= 0.3 is 6.01 Å². The molecule has 0 fully saturated rings. The highest BCUT2D eigenvalue weighted by Crippen LogP contribution is 2.32. The third kappa shape index (κ3) is 3.76. The Morgan fingerprint density at radius 3 is 2.52 bits per heavy atom. The second-order valence-electron chi connectivity index (χ2n) is 6.15. The molecule has 0 aliphatic rings. The number of anilines is 1. The number of rotatable bonds is 6. The molecule has 2 heterocycles. The summed E-state index contributed by atoms with van der Waals surface area (Å²) in [5.41, 5.74) is 1.82. The Bertz CT molecular complexity index is 961. The van der Waals surface area contributed by atoms with E-state index in [1.165, 1.54) is 0 Å². The number of amides is 1. The van der Waals surface area contributed by atoms with Gasteiger partial charge in [-0.05, 0) is 45.0 Å². The van der Waals surface area contributed by atoms with Gasteiger partial charge in [-0.2, -0.15) is 5.10 Å². The Hall–Kier alpha value is -3.36. The topological polar surface area (TPSA) is 104 Å². The molecule has 3 aromatic rings. The Morgan fingerprint density at radius 1 is 1.15 bits per heavy atom. The molecule has 0 aliphatic carbocycles. The number of nitrogens with one attached hydrogen (secondary N) is 1. The third-order valence-corrected chi connectivity index (χ3v) is 3.92. The van der Waals surface area contributed by atoms with Crippen LogP contribution in [-0.2, 0) is 0 Å². The van der Waals surface area contributed by atoms with E-state index in [2.05, 4.69) is 20.6 Å². The molecule has 0 bridgehead atoms. The van der Waals surface area contributed by atoms with Crippen molar-refractivity contribution in [3.8, 4) is 23.0 Å². The van der Waals surface area contributed by atoms with Gasteiger partial charge in [0.15, 0.2) is 17.2 Å². The number of hydrogen-bond donors (Lipinski definition) is 1. The molecule has 27 heavy (non-hydrogen) atoms. The Balaban J connectivity index is 1.78. The number of benzene rings is 1. The lowest BCUT2D eigenvalue weighted by atomic mass is 10.2. The van der Waals surface area contributed by atoms with E-state index < -0.39 is 5.91 Å². The summed E-state index contributed by atoms with van der Waals surface area (Å²) < 4.78 is 17.8. The van der Waals surface area contributed by atoms with E-state index in [-0.39, 0.29) is 23.6 Å². The summed E-state index contributed by atoms with van der Waals surface area (Å²) in [6, 6.07) is 7.06. The van der Waals surface area contributed by atoms with Crippen LogP contribution in [0.25, 0.3) is 11.5 Å². The van der Waals surface area contributed by atoms with Crippen LogP contribution < -0.4 is 14.8 Å². The summed E-state index contributed by atoms with van der Waals surface area (Å²) >= 11 is 0. The first-order chi connectivity index (χ1) is 12.9. The average molecular weight is 371 g/mol. The van der Waals surface area contributed by atoms with Gasteiger partial charge in [-0.1, -0.05) is 5.10 Å². The number of carbonyl (C=O) groups excluding carboxylic acids is 1. The summed E-state index contributed by atoms with van der Waals surface area (Å²) in [5, 5.41) is 14.7.